The first-order chi connectivity index (χ1) is 14.5. The Morgan fingerprint density at radius 1 is 1.10 bits per heavy atom. The molecule has 0 unspecified atom stereocenters. The molecule has 0 fully saturated rings. The third kappa shape index (κ3) is 7.96. The van der Waals surface area contributed by atoms with Gasteiger partial charge in [-0.1, -0.05) is 41.1 Å². The van der Waals surface area contributed by atoms with Crippen LogP contribution in [0.4, 0.5) is 0 Å². The van der Waals surface area contributed by atoms with Crippen molar-refractivity contribution in [2.75, 3.05) is 6.61 Å². The minimum atomic E-state index is -0.653. The van der Waals surface area contributed by atoms with E-state index < -0.39 is 11.6 Å². The number of carbonyl (C=O) groups excluding carboxylic acids is 2. The molecule has 1 atom stereocenters. The van der Waals surface area contributed by atoms with Crippen LogP contribution < -0.4 is 10.1 Å². The summed E-state index contributed by atoms with van der Waals surface area (Å²) in [6.45, 7) is 9.70. The van der Waals surface area contributed by atoms with Crippen LogP contribution in [0.5, 0.6) is 5.75 Å². The van der Waals surface area contributed by atoms with Crippen molar-refractivity contribution in [3.63, 3.8) is 0 Å². The van der Waals surface area contributed by atoms with Gasteiger partial charge in [0.15, 0.2) is 6.61 Å². The Hall–Kier alpha value is -1.86. The topological polar surface area (TPSA) is 58.6 Å². The van der Waals surface area contributed by atoms with E-state index in [1.54, 1.807) is 11.8 Å². The summed E-state index contributed by atoms with van der Waals surface area (Å²) in [5, 5.41) is 2.96. The lowest BCUT2D eigenvalue weighted by Gasteiger charge is -2.31. The van der Waals surface area contributed by atoms with E-state index in [9.17, 15) is 9.59 Å². The summed E-state index contributed by atoms with van der Waals surface area (Å²) < 4.78 is 7.51. The van der Waals surface area contributed by atoms with E-state index in [4.69, 9.17) is 4.74 Å². The lowest BCUT2D eigenvalue weighted by atomic mass is 10.1. The minimum absolute atomic E-state index is 0.161. The van der Waals surface area contributed by atoms with Gasteiger partial charge in [0.05, 0.1) is 4.47 Å². The van der Waals surface area contributed by atoms with Gasteiger partial charge in [-0.05, 0) is 85.4 Å². The molecule has 2 aromatic rings. The summed E-state index contributed by atoms with van der Waals surface area (Å²) >= 11 is 6.97. The van der Waals surface area contributed by atoms with Crippen molar-refractivity contribution < 1.29 is 14.3 Å². The lowest BCUT2D eigenvalue weighted by molar-refractivity contribution is -0.142. The van der Waals surface area contributed by atoms with E-state index in [0.29, 0.717) is 12.3 Å². The maximum Gasteiger partial charge on any atom is 0.261 e. The van der Waals surface area contributed by atoms with Gasteiger partial charge < -0.3 is 15.0 Å². The Bertz CT molecular complexity index is 925. The highest BCUT2D eigenvalue weighted by Crippen LogP contribution is 2.26. The van der Waals surface area contributed by atoms with Crippen LogP contribution in [0, 0.1) is 0 Å². The molecule has 168 valence electrons. The number of carbonyl (C=O) groups is 2. The first-order valence-electron chi connectivity index (χ1n) is 10.3. The number of amides is 2. The van der Waals surface area contributed by atoms with Gasteiger partial charge in [-0.3, -0.25) is 9.59 Å². The highest BCUT2D eigenvalue weighted by Gasteiger charge is 2.28. The highest BCUT2D eigenvalue weighted by molar-refractivity contribution is 9.10. The first kappa shape index (κ1) is 25.4. The zero-order chi connectivity index (χ0) is 23.2. The number of rotatable bonds is 8. The molecule has 0 heterocycles. The summed E-state index contributed by atoms with van der Waals surface area (Å²) in [5.41, 5.74) is 1.71. The van der Waals surface area contributed by atoms with Crippen LogP contribution in [0.3, 0.4) is 0 Å². The molecular formula is C24H30Br2N2O3. The van der Waals surface area contributed by atoms with Crippen LogP contribution in [0.2, 0.25) is 0 Å². The summed E-state index contributed by atoms with van der Waals surface area (Å²) in [6.07, 6.45) is 0.915. The van der Waals surface area contributed by atoms with Crippen LogP contribution in [-0.4, -0.2) is 34.9 Å². The van der Waals surface area contributed by atoms with Crippen molar-refractivity contribution in [1.29, 1.82) is 0 Å². The zero-order valence-corrected chi connectivity index (χ0v) is 21.8. The fourth-order valence-corrected chi connectivity index (χ4v) is 3.98. The number of nitrogens with zero attached hydrogens (tertiary/aromatic N) is 1. The molecule has 2 aromatic carbocycles. The molecule has 0 aliphatic carbocycles. The Kier molecular flexibility index (Phi) is 9.13. The Labute approximate surface area is 201 Å². The van der Waals surface area contributed by atoms with E-state index in [1.807, 2.05) is 63.2 Å². The molecule has 0 saturated carbocycles. The molecule has 2 rings (SSSR count). The van der Waals surface area contributed by atoms with Crippen LogP contribution >= 0.6 is 31.9 Å². The van der Waals surface area contributed by atoms with Crippen LogP contribution in [0.25, 0.3) is 0 Å². The predicted molar refractivity (Wildman–Crippen MR) is 131 cm³/mol. The number of ether oxygens (including phenoxy) is 1. The van der Waals surface area contributed by atoms with Gasteiger partial charge in [0.25, 0.3) is 5.91 Å². The SMILES string of the molecule is CCc1ccc(OCC(=O)N(Cc2cccc(Br)c2)[C@H](C)C(=O)NC(C)(C)C)c(Br)c1. The molecular weight excluding hydrogens is 524 g/mol. The molecule has 0 aromatic heterocycles. The maximum absolute atomic E-state index is 13.1. The van der Waals surface area contributed by atoms with Crippen molar-refractivity contribution in [3.05, 3.63) is 62.5 Å². The monoisotopic (exact) mass is 552 g/mol. The first-order valence-corrected chi connectivity index (χ1v) is 11.9. The van der Waals surface area contributed by atoms with Gasteiger partial charge in [-0.2, -0.15) is 0 Å². The van der Waals surface area contributed by atoms with Gasteiger partial charge >= 0.3 is 0 Å². The Morgan fingerprint density at radius 3 is 2.39 bits per heavy atom. The largest absolute Gasteiger partial charge is 0.483 e. The minimum Gasteiger partial charge on any atom is -0.483 e. The third-order valence-electron chi connectivity index (χ3n) is 4.66. The van der Waals surface area contributed by atoms with Crippen molar-refractivity contribution >= 4 is 43.7 Å². The van der Waals surface area contributed by atoms with Gasteiger partial charge in [0.2, 0.25) is 5.91 Å². The van der Waals surface area contributed by atoms with Gasteiger partial charge in [-0.25, -0.2) is 0 Å². The quantitative estimate of drug-likeness (QED) is 0.470. The second-order valence-electron chi connectivity index (χ2n) is 8.47. The maximum atomic E-state index is 13.1. The molecule has 7 heteroatoms. The summed E-state index contributed by atoms with van der Waals surface area (Å²) in [6, 6.07) is 12.9. The summed E-state index contributed by atoms with van der Waals surface area (Å²) in [5.74, 6) is 0.132. The number of nitrogens with one attached hydrogen (secondary N) is 1. The van der Waals surface area contributed by atoms with E-state index in [2.05, 4.69) is 44.1 Å². The van der Waals surface area contributed by atoms with E-state index >= 15 is 0 Å². The molecule has 0 radical (unpaired) electrons. The van der Waals surface area contributed by atoms with Gasteiger partial charge in [-0.15, -0.1) is 0 Å². The van der Waals surface area contributed by atoms with Gasteiger partial charge in [0, 0.05) is 16.6 Å². The number of aryl methyl sites for hydroxylation is 1. The molecule has 0 spiro atoms. The van der Waals surface area contributed by atoms with Crippen molar-refractivity contribution in [1.82, 2.24) is 10.2 Å². The predicted octanol–water partition coefficient (Wildman–Crippen LogP) is 5.48. The van der Waals surface area contributed by atoms with Crippen LogP contribution in [-0.2, 0) is 22.6 Å². The fourth-order valence-electron chi connectivity index (χ4n) is 2.99. The van der Waals surface area contributed by atoms with Gasteiger partial charge in [0.1, 0.15) is 11.8 Å². The van der Waals surface area contributed by atoms with Crippen LogP contribution in [0.1, 0.15) is 45.7 Å². The normalized spacial score (nSPS) is 12.2. The lowest BCUT2D eigenvalue weighted by Crippen LogP contribution is -2.53. The average molecular weight is 554 g/mol. The fraction of sp³-hybridized carbons (Fsp3) is 0.417. The Morgan fingerprint density at radius 2 is 1.81 bits per heavy atom. The molecule has 31 heavy (non-hydrogen) atoms. The zero-order valence-electron chi connectivity index (χ0n) is 18.7. The van der Waals surface area contributed by atoms with Crippen molar-refractivity contribution in [2.24, 2.45) is 0 Å². The molecule has 0 aliphatic heterocycles. The van der Waals surface area contributed by atoms with Crippen molar-refractivity contribution in [2.45, 2.75) is 59.2 Å². The average Bonchev–Trinajstić information content (AvgIpc) is 2.69. The van der Waals surface area contributed by atoms with E-state index in [1.165, 1.54) is 5.56 Å². The number of halogens is 2. The standard InChI is InChI=1S/C24H30Br2N2O3/c1-6-17-10-11-21(20(26)13-17)31-15-22(29)28(14-18-8-7-9-19(25)12-18)16(2)23(30)27-24(3,4)5/h7-13,16H,6,14-15H2,1-5H3,(H,27,30)/t16-/m1/s1. The number of hydrogen-bond donors (Lipinski definition) is 1. The molecule has 0 bridgehead atoms. The second kappa shape index (κ2) is 11.1. The number of hydrogen-bond acceptors (Lipinski definition) is 3. The smallest absolute Gasteiger partial charge is 0.261 e. The summed E-state index contributed by atoms with van der Waals surface area (Å²) in [4.78, 5) is 27.5. The third-order valence-corrected chi connectivity index (χ3v) is 5.78. The summed E-state index contributed by atoms with van der Waals surface area (Å²) in [7, 11) is 0. The molecule has 0 saturated heterocycles. The highest BCUT2D eigenvalue weighted by atomic mass is 79.9. The molecule has 0 aliphatic rings. The van der Waals surface area contributed by atoms with Crippen molar-refractivity contribution in [3.8, 4) is 5.75 Å². The molecule has 5 nitrogen and oxygen atoms in total. The second-order valence-corrected chi connectivity index (χ2v) is 10.2. The Balaban J connectivity index is 2.19. The number of benzene rings is 2. The van der Waals surface area contributed by atoms with E-state index in [-0.39, 0.29) is 18.4 Å². The molecule has 2 amide bonds. The van der Waals surface area contributed by atoms with Crippen LogP contribution in [0.15, 0.2) is 51.4 Å². The van der Waals surface area contributed by atoms with E-state index in [0.717, 1.165) is 20.9 Å². The molecule has 1 N–H and O–H groups in total.